The SMILES string of the molecule is CN(C)C1(CN(C)S(=O)(=O)c2ccc(O)c(N)c2)CCC1. The summed E-state index contributed by atoms with van der Waals surface area (Å²) in [6.07, 6.45) is 3.12. The summed E-state index contributed by atoms with van der Waals surface area (Å²) >= 11 is 0. The summed E-state index contributed by atoms with van der Waals surface area (Å²) in [7, 11) is 1.95. The molecule has 118 valence electrons. The van der Waals surface area contributed by atoms with Crippen molar-refractivity contribution in [3.63, 3.8) is 0 Å². The fraction of sp³-hybridized carbons (Fsp3) is 0.571. The summed E-state index contributed by atoms with van der Waals surface area (Å²) in [6.45, 7) is 0.448. The number of hydrogen-bond acceptors (Lipinski definition) is 5. The lowest BCUT2D eigenvalue weighted by Gasteiger charge is -2.48. The maximum Gasteiger partial charge on any atom is 0.242 e. The third-order valence-corrected chi connectivity index (χ3v) is 6.26. The lowest BCUT2D eigenvalue weighted by atomic mass is 9.75. The Kier molecular flexibility index (Phi) is 4.19. The first-order chi connectivity index (χ1) is 9.69. The normalized spacial score (nSPS) is 18.0. The van der Waals surface area contributed by atoms with Gasteiger partial charge in [0.1, 0.15) is 5.75 Å². The first-order valence-electron chi connectivity index (χ1n) is 6.91. The van der Waals surface area contributed by atoms with Crippen LogP contribution in [0.4, 0.5) is 5.69 Å². The van der Waals surface area contributed by atoms with E-state index in [9.17, 15) is 13.5 Å². The minimum absolute atomic E-state index is 0.0652. The summed E-state index contributed by atoms with van der Waals surface area (Å²) < 4.78 is 26.6. The van der Waals surface area contributed by atoms with Gasteiger partial charge in [0.15, 0.2) is 0 Å². The minimum atomic E-state index is -3.61. The molecule has 0 radical (unpaired) electrons. The van der Waals surface area contributed by atoms with Crippen molar-refractivity contribution < 1.29 is 13.5 Å². The number of likely N-dealkylation sites (N-methyl/N-ethyl adjacent to an activating group) is 2. The number of rotatable bonds is 5. The molecule has 1 fully saturated rings. The molecule has 1 aromatic carbocycles. The van der Waals surface area contributed by atoms with Crippen LogP contribution in [0.5, 0.6) is 5.75 Å². The molecule has 0 aromatic heterocycles. The van der Waals surface area contributed by atoms with Gasteiger partial charge in [-0.05, 0) is 51.6 Å². The molecular weight excluding hydrogens is 290 g/mol. The second kappa shape index (κ2) is 5.47. The Morgan fingerprint density at radius 2 is 1.90 bits per heavy atom. The fourth-order valence-electron chi connectivity index (χ4n) is 2.70. The van der Waals surface area contributed by atoms with Crippen LogP contribution in [0.2, 0.25) is 0 Å². The smallest absolute Gasteiger partial charge is 0.242 e. The third kappa shape index (κ3) is 2.86. The molecule has 3 N–H and O–H groups in total. The van der Waals surface area contributed by atoms with Gasteiger partial charge in [0.05, 0.1) is 10.6 Å². The van der Waals surface area contributed by atoms with Gasteiger partial charge in [0.2, 0.25) is 10.0 Å². The van der Waals surface area contributed by atoms with E-state index in [0.29, 0.717) is 6.54 Å². The van der Waals surface area contributed by atoms with E-state index < -0.39 is 10.0 Å². The van der Waals surface area contributed by atoms with Crippen molar-refractivity contribution in [3.05, 3.63) is 18.2 Å². The zero-order valence-electron chi connectivity index (χ0n) is 12.7. The molecule has 0 atom stereocenters. The molecule has 1 aromatic rings. The van der Waals surface area contributed by atoms with E-state index in [1.165, 1.54) is 22.5 Å². The molecule has 0 aliphatic heterocycles. The zero-order valence-corrected chi connectivity index (χ0v) is 13.5. The van der Waals surface area contributed by atoms with Gasteiger partial charge in [0, 0.05) is 19.1 Å². The number of nitrogens with two attached hydrogens (primary N) is 1. The molecule has 0 spiro atoms. The predicted molar refractivity (Wildman–Crippen MR) is 82.6 cm³/mol. The van der Waals surface area contributed by atoms with Crippen LogP contribution in [0.3, 0.4) is 0 Å². The number of benzene rings is 1. The Hall–Kier alpha value is -1.31. The van der Waals surface area contributed by atoms with Crippen molar-refractivity contribution in [1.82, 2.24) is 9.21 Å². The van der Waals surface area contributed by atoms with Crippen molar-refractivity contribution in [2.45, 2.75) is 29.7 Å². The van der Waals surface area contributed by atoms with E-state index >= 15 is 0 Å². The second-order valence-electron chi connectivity index (χ2n) is 5.95. The first-order valence-corrected chi connectivity index (χ1v) is 8.35. The number of anilines is 1. The predicted octanol–water partition coefficient (Wildman–Crippen LogP) is 1.08. The standard InChI is InChI=1S/C14H23N3O3S/c1-16(2)14(7-4-8-14)10-17(3)21(19,20)11-5-6-13(18)12(15)9-11/h5-6,9,18H,4,7-8,10,15H2,1-3H3. The molecular formula is C14H23N3O3S. The quantitative estimate of drug-likeness (QED) is 0.627. The summed E-state index contributed by atoms with van der Waals surface area (Å²) in [6, 6.07) is 3.98. The number of aromatic hydroxyl groups is 1. The highest BCUT2D eigenvalue weighted by atomic mass is 32.2. The van der Waals surface area contributed by atoms with Crippen molar-refractivity contribution in [2.24, 2.45) is 0 Å². The van der Waals surface area contributed by atoms with Gasteiger partial charge in [-0.25, -0.2) is 8.42 Å². The molecule has 6 nitrogen and oxygen atoms in total. The summed E-state index contributed by atoms with van der Waals surface area (Å²) in [4.78, 5) is 2.21. The monoisotopic (exact) mass is 313 g/mol. The minimum Gasteiger partial charge on any atom is -0.506 e. The van der Waals surface area contributed by atoms with Gasteiger partial charge in [-0.15, -0.1) is 0 Å². The van der Waals surface area contributed by atoms with E-state index in [4.69, 9.17) is 5.73 Å². The van der Waals surface area contributed by atoms with E-state index in [0.717, 1.165) is 19.3 Å². The molecule has 1 saturated carbocycles. The van der Waals surface area contributed by atoms with Crippen LogP contribution in [-0.4, -0.2) is 56.0 Å². The number of phenols is 1. The van der Waals surface area contributed by atoms with Gasteiger partial charge < -0.3 is 15.7 Å². The van der Waals surface area contributed by atoms with Gasteiger partial charge in [-0.3, -0.25) is 0 Å². The molecule has 0 unspecified atom stereocenters. The van der Waals surface area contributed by atoms with Crippen molar-refractivity contribution in [1.29, 1.82) is 0 Å². The average molecular weight is 313 g/mol. The second-order valence-corrected chi connectivity index (χ2v) is 8.00. The van der Waals surface area contributed by atoms with E-state index in [2.05, 4.69) is 4.90 Å². The molecule has 0 saturated heterocycles. The zero-order chi connectivity index (χ0) is 15.8. The highest BCUT2D eigenvalue weighted by Gasteiger charge is 2.42. The molecule has 2 rings (SSSR count). The Morgan fingerprint density at radius 1 is 1.29 bits per heavy atom. The maximum atomic E-state index is 12.6. The van der Waals surface area contributed by atoms with E-state index in [1.807, 2.05) is 14.1 Å². The number of nitrogens with zero attached hydrogens (tertiary/aromatic N) is 2. The maximum absolute atomic E-state index is 12.6. The highest BCUT2D eigenvalue weighted by molar-refractivity contribution is 7.89. The molecule has 21 heavy (non-hydrogen) atoms. The van der Waals surface area contributed by atoms with Gasteiger partial charge in [-0.2, -0.15) is 4.31 Å². The van der Waals surface area contributed by atoms with Crippen LogP contribution in [-0.2, 0) is 10.0 Å². The summed E-state index contributed by atoms with van der Waals surface area (Å²) in [5, 5.41) is 9.41. The number of sulfonamides is 1. The molecule has 7 heteroatoms. The van der Waals surface area contributed by atoms with Gasteiger partial charge in [-0.1, -0.05) is 0 Å². The topological polar surface area (TPSA) is 86.9 Å². The van der Waals surface area contributed by atoms with Crippen molar-refractivity contribution >= 4 is 15.7 Å². The largest absolute Gasteiger partial charge is 0.506 e. The Bertz CT molecular complexity index is 624. The molecule has 0 amide bonds. The van der Waals surface area contributed by atoms with Crippen LogP contribution in [0.25, 0.3) is 0 Å². The summed E-state index contributed by atoms with van der Waals surface area (Å²) in [5.74, 6) is -0.111. The van der Waals surface area contributed by atoms with Crippen LogP contribution in [0.15, 0.2) is 23.1 Å². The van der Waals surface area contributed by atoms with Gasteiger partial charge >= 0.3 is 0 Å². The van der Waals surface area contributed by atoms with Gasteiger partial charge in [0.25, 0.3) is 0 Å². The Morgan fingerprint density at radius 3 is 2.33 bits per heavy atom. The molecule has 1 aliphatic rings. The number of hydrogen-bond donors (Lipinski definition) is 2. The highest BCUT2D eigenvalue weighted by Crippen LogP contribution is 2.37. The van der Waals surface area contributed by atoms with E-state index in [1.54, 1.807) is 7.05 Å². The number of nitrogen functional groups attached to an aromatic ring is 1. The van der Waals surface area contributed by atoms with Crippen molar-refractivity contribution in [2.75, 3.05) is 33.4 Å². The third-order valence-electron chi connectivity index (χ3n) is 4.46. The van der Waals surface area contributed by atoms with Crippen LogP contribution in [0, 0.1) is 0 Å². The van der Waals surface area contributed by atoms with Crippen LogP contribution < -0.4 is 5.73 Å². The van der Waals surface area contributed by atoms with Crippen LogP contribution >= 0.6 is 0 Å². The first kappa shape index (κ1) is 16.1. The fourth-order valence-corrected chi connectivity index (χ4v) is 3.99. The molecule has 0 heterocycles. The average Bonchev–Trinajstić information content (AvgIpc) is 2.36. The lowest BCUT2D eigenvalue weighted by molar-refractivity contribution is 0.0455. The van der Waals surface area contributed by atoms with Crippen molar-refractivity contribution in [3.8, 4) is 5.75 Å². The lowest BCUT2D eigenvalue weighted by Crippen LogP contribution is -2.57. The molecule has 0 bridgehead atoms. The summed E-state index contributed by atoms with van der Waals surface area (Å²) in [5.41, 5.74) is 5.58. The van der Waals surface area contributed by atoms with Crippen LogP contribution in [0.1, 0.15) is 19.3 Å². The Balaban J connectivity index is 2.24. The number of phenolic OH excluding ortho intramolecular Hbond substituents is 1. The molecule has 1 aliphatic carbocycles. The Labute approximate surface area is 126 Å². The van der Waals surface area contributed by atoms with E-state index in [-0.39, 0.29) is 21.9 Å².